The normalized spacial score (nSPS) is 12.2. The molecule has 0 fully saturated rings. The van der Waals surface area contributed by atoms with E-state index in [0.717, 1.165) is 0 Å². The van der Waals surface area contributed by atoms with E-state index in [1.807, 2.05) is 13.8 Å². The van der Waals surface area contributed by atoms with E-state index in [9.17, 15) is 14.4 Å². The summed E-state index contributed by atoms with van der Waals surface area (Å²) in [5, 5.41) is 11.2. The molecule has 0 aliphatic rings. The van der Waals surface area contributed by atoms with Crippen molar-refractivity contribution < 1.29 is 19.5 Å². The Labute approximate surface area is 88.9 Å². The minimum Gasteiger partial charge on any atom is -0.480 e. The van der Waals surface area contributed by atoms with Gasteiger partial charge in [-0.2, -0.15) is 0 Å². The molecule has 5 nitrogen and oxygen atoms in total. The molecule has 1 unspecified atom stereocenters. The number of carboxylic acids is 1. The van der Waals surface area contributed by atoms with Crippen molar-refractivity contribution in [3.63, 3.8) is 0 Å². The number of rotatable bonds is 7. The SMILES string of the molecule is CC(C)CC(NC(=O)CCC=O)C(=O)O. The number of carbonyl (C=O) groups is 3. The van der Waals surface area contributed by atoms with Crippen LogP contribution in [-0.2, 0) is 14.4 Å². The lowest BCUT2D eigenvalue weighted by Crippen LogP contribution is -2.41. The molecule has 0 aromatic rings. The van der Waals surface area contributed by atoms with E-state index in [4.69, 9.17) is 5.11 Å². The molecule has 0 radical (unpaired) electrons. The summed E-state index contributed by atoms with van der Waals surface area (Å²) < 4.78 is 0. The summed E-state index contributed by atoms with van der Waals surface area (Å²) in [5.74, 6) is -1.24. The lowest BCUT2D eigenvalue weighted by molar-refractivity contribution is -0.142. The molecule has 2 N–H and O–H groups in total. The average molecular weight is 215 g/mol. The number of carboxylic acid groups (broad SMARTS) is 1. The molecule has 0 saturated carbocycles. The Morgan fingerprint density at radius 2 is 2.00 bits per heavy atom. The van der Waals surface area contributed by atoms with Gasteiger partial charge in [0.2, 0.25) is 5.91 Å². The Morgan fingerprint density at radius 3 is 2.40 bits per heavy atom. The highest BCUT2D eigenvalue weighted by molar-refractivity contribution is 5.84. The highest BCUT2D eigenvalue weighted by Crippen LogP contribution is 2.05. The first-order chi connectivity index (χ1) is 6.97. The van der Waals surface area contributed by atoms with E-state index in [-0.39, 0.29) is 18.8 Å². The zero-order chi connectivity index (χ0) is 11.8. The number of hydrogen-bond acceptors (Lipinski definition) is 3. The van der Waals surface area contributed by atoms with Crippen molar-refractivity contribution in [3.05, 3.63) is 0 Å². The van der Waals surface area contributed by atoms with Gasteiger partial charge < -0.3 is 15.2 Å². The molecule has 1 amide bonds. The van der Waals surface area contributed by atoms with Gasteiger partial charge >= 0.3 is 5.97 Å². The number of aliphatic carboxylic acids is 1. The monoisotopic (exact) mass is 215 g/mol. The molecule has 0 bridgehead atoms. The molecule has 86 valence electrons. The van der Waals surface area contributed by atoms with Crippen LogP contribution in [0.2, 0.25) is 0 Å². The Bertz CT molecular complexity index is 238. The second-order valence-electron chi connectivity index (χ2n) is 3.79. The Kier molecular flexibility index (Phi) is 6.33. The van der Waals surface area contributed by atoms with Gasteiger partial charge in [0.15, 0.2) is 0 Å². The van der Waals surface area contributed by atoms with E-state index < -0.39 is 17.9 Å². The third kappa shape index (κ3) is 6.65. The second-order valence-corrected chi connectivity index (χ2v) is 3.79. The van der Waals surface area contributed by atoms with Gasteiger partial charge in [0.05, 0.1) is 0 Å². The molecule has 0 spiro atoms. The first-order valence-electron chi connectivity index (χ1n) is 4.93. The smallest absolute Gasteiger partial charge is 0.326 e. The van der Waals surface area contributed by atoms with Crippen LogP contribution in [0.4, 0.5) is 0 Å². The number of nitrogens with one attached hydrogen (secondary N) is 1. The quantitative estimate of drug-likeness (QED) is 0.608. The van der Waals surface area contributed by atoms with E-state index in [1.54, 1.807) is 0 Å². The van der Waals surface area contributed by atoms with Crippen molar-refractivity contribution in [2.24, 2.45) is 5.92 Å². The van der Waals surface area contributed by atoms with E-state index in [0.29, 0.717) is 12.7 Å². The van der Waals surface area contributed by atoms with Crippen molar-refractivity contribution in [3.8, 4) is 0 Å². The maximum absolute atomic E-state index is 11.2. The van der Waals surface area contributed by atoms with Gasteiger partial charge in [-0.25, -0.2) is 4.79 Å². The summed E-state index contributed by atoms with van der Waals surface area (Å²) in [4.78, 5) is 31.9. The molecule has 1 atom stereocenters. The molecule has 0 heterocycles. The first kappa shape index (κ1) is 13.6. The zero-order valence-electron chi connectivity index (χ0n) is 9.03. The molecule has 0 aromatic carbocycles. The van der Waals surface area contributed by atoms with Crippen LogP contribution in [0.5, 0.6) is 0 Å². The van der Waals surface area contributed by atoms with Gasteiger partial charge in [0.25, 0.3) is 0 Å². The van der Waals surface area contributed by atoms with Gasteiger partial charge in [-0.05, 0) is 12.3 Å². The fourth-order valence-corrected chi connectivity index (χ4v) is 1.15. The predicted octanol–water partition coefficient (Wildman–Crippen LogP) is 0.581. The van der Waals surface area contributed by atoms with Crippen molar-refractivity contribution >= 4 is 18.2 Å². The van der Waals surface area contributed by atoms with Crippen LogP contribution >= 0.6 is 0 Å². The fraction of sp³-hybridized carbons (Fsp3) is 0.700. The largest absolute Gasteiger partial charge is 0.480 e. The topological polar surface area (TPSA) is 83.5 Å². The van der Waals surface area contributed by atoms with Crippen LogP contribution in [0.15, 0.2) is 0 Å². The summed E-state index contributed by atoms with van der Waals surface area (Å²) in [5.41, 5.74) is 0. The summed E-state index contributed by atoms with van der Waals surface area (Å²) in [7, 11) is 0. The third-order valence-corrected chi connectivity index (χ3v) is 1.83. The van der Waals surface area contributed by atoms with Crippen LogP contribution in [0.1, 0.15) is 33.1 Å². The minimum atomic E-state index is -1.04. The first-order valence-corrected chi connectivity index (χ1v) is 4.93. The van der Waals surface area contributed by atoms with Crippen molar-refractivity contribution in [2.75, 3.05) is 0 Å². The molecule has 0 rings (SSSR count). The fourth-order valence-electron chi connectivity index (χ4n) is 1.15. The van der Waals surface area contributed by atoms with Crippen LogP contribution in [0.3, 0.4) is 0 Å². The molecular formula is C10H17NO4. The third-order valence-electron chi connectivity index (χ3n) is 1.83. The van der Waals surface area contributed by atoms with Crippen molar-refractivity contribution in [1.82, 2.24) is 5.32 Å². The van der Waals surface area contributed by atoms with Gasteiger partial charge in [0, 0.05) is 12.8 Å². The predicted molar refractivity (Wildman–Crippen MR) is 54.3 cm³/mol. The molecule has 15 heavy (non-hydrogen) atoms. The van der Waals surface area contributed by atoms with E-state index in [1.165, 1.54) is 0 Å². The van der Waals surface area contributed by atoms with Crippen LogP contribution in [0.25, 0.3) is 0 Å². The van der Waals surface area contributed by atoms with Crippen LogP contribution in [-0.4, -0.2) is 29.3 Å². The van der Waals surface area contributed by atoms with Crippen molar-refractivity contribution in [2.45, 2.75) is 39.2 Å². The Hall–Kier alpha value is -1.39. The highest BCUT2D eigenvalue weighted by Gasteiger charge is 2.20. The van der Waals surface area contributed by atoms with Crippen LogP contribution < -0.4 is 5.32 Å². The van der Waals surface area contributed by atoms with Gasteiger partial charge in [-0.15, -0.1) is 0 Å². The van der Waals surface area contributed by atoms with Gasteiger partial charge in [-0.1, -0.05) is 13.8 Å². The standard InChI is InChI=1S/C10H17NO4/c1-7(2)6-8(10(14)15)11-9(13)4-3-5-12/h5,7-8H,3-4,6H2,1-2H3,(H,11,13)(H,14,15). The second kappa shape index (κ2) is 6.98. The minimum absolute atomic E-state index is 0.0470. The molecule has 0 aliphatic heterocycles. The maximum atomic E-state index is 11.2. The molecule has 0 aromatic heterocycles. The molecule has 5 heteroatoms. The number of aldehydes is 1. The summed E-state index contributed by atoms with van der Waals surface area (Å²) in [6.45, 7) is 3.76. The van der Waals surface area contributed by atoms with Gasteiger partial charge in [-0.3, -0.25) is 4.79 Å². The van der Waals surface area contributed by atoms with Gasteiger partial charge in [0.1, 0.15) is 12.3 Å². The van der Waals surface area contributed by atoms with Crippen molar-refractivity contribution in [1.29, 1.82) is 0 Å². The molecule has 0 saturated heterocycles. The Morgan fingerprint density at radius 1 is 1.40 bits per heavy atom. The number of carbonyl (C=O) groups excluding carboxylic acids is 2. The summed E-state index contributed by atoms with van der Waals surface area (Å²) in [6.07, 6.45) is 1.20. The summed E-state index contributed by atoms with van der Waals surface area (Å²) in [6, 6.07) is -0.857. The lowest BCUT2D eigenvalue weighted by Gasteiger charge is -2.15. The highest BCUT2D eigenvalue weighted by atomic mass is 16.4. The number of hydrogen-bond donors (Lipinski definition) is 2. The van der Waals surface area contributed by atoms with E-state index >= 15 is 0 Å². The lowest BCUT2D eigenvalue weighted by atomic mass is 10.0. The summed E-state index contributed by atoms with van der Waals surface area (Å²) >= 11 is 0. The number of amides is 1. The maximum Gasteiger partial charge on any atom is 0.326 e. The van der Waals surface area contributed by atoms with Crippen LogP contribution in [0, 0.1) is 5.92 Å². The van der Waals surface area contributed by atoms with E-state index in [2.05, 4.69) is 5.32 Å². The molecular weight excluding hydrogens is 198 g/mol. The Balaban J connectivity index is 4.10. The molecule has 0 aliphatic carbocycles. The average Bonchev–Trinajstić information content (AvgIpc) is 2.12. The zero-order valence-corrected chi connectivity index (χ0v) is 9.03.